The van der Waals surface area contributed by atoms with E-state index in [1.807, 2.05) is 24.3 Å². The van der Waals surface area contributed by atoms with Crippen LogP contribution in [0.3, 0.4) is 0 Å². The van der Waals surface area contributed by atoms with Gasteiger partial charge in [0.1, 0.15) is 5.69 Å². The summed E-state index contributed by atoms with van der Waals surface area (Å²) in [7, 11) is 0. The topological polar surface area (TPSA) is 82.7 Å². The fourth-order valence-electron chi connectivity index (χ4n) is 2.61. The van der Waals surface area contributed by atoms with Gasteiger partial charge in [0.05, 0.1) is 5.39 Å². The van der Waals surface area contributed by atoms with Crippen molar-refractivity contribution in [3.8, 4) is 0 Å². The van der Waals surface area contributed by atoms with Crippen molar-refractivity contribution in [1.29, 1.82) is 0 Å². The van der Waals surface area contributed by atoms with Gasteiger partial charge in [-0.2, -0.15) is 5.10 Å². The minimum atomic E-state index is -0.228. The second-order valence-corrected chi connectivity index (χ2v) is 6.08. The number of carbonyl (C=O) groups excluding carboxylic acids is 1. The Morgan fingerprint density at radius 3 is 3.00 bits per heavy atom. The molecular weight excluding hydrogens is 346 g/mol. The number of aromatic amines is 1. The molecule has 3 aromatic rings. The highest BCUT2D eigenvalue weighted by Crippen LogP contribution is 2.22. The lowest BCUT2D eigenvalue weighted by atomic mass is 10.1. The van der Waals surface area contributed by atoms with Gasteiger partial charge in [0.2, 0.25) is 0 Å². The first-order chi connectivity index (χ1) is 10.7. The van der Waals surface area contributed by atoms with E-state index >= 15 is 0 Å². The molecule has 2 aromatic heterocycles. The van der Waals surface area contributed by atoms with E-state index in [9.17, 15) is 4.79 Å². The van der Waals surface area contributed by atoms with Gasteiger partial charge >= 0.3 is 0 Å². The Hall–Kier alpha value is -2.25. The number of benzene rings is 1. The number of hydrogen-bond donors (Lipinski definition) is 3. The molecule has 0 unspecified atom stereocenters. The number of nitrogens with one attached hydrogen (secondary N) is 3. The van der Waals surface area contributed by atoms with Crippen molar-refractivity contribution < 1.29 is 4.79 Å². The highest BCUT2D eigenvalue weighted by molar-refractivity contribution is 9.10. The Balaban J connectivity index is 1.65. The van der Waals surface area contributed by atoms with Crippen molar-refractivity contribution in [3.05, 3.63) is 51.8 Å². The quantitative estimate of drug-likeness (QED) is 0.658. The van der Waals surface area contributed by atoms with Crippen LogP contribution >= 0.6 is 15.9 Å². The summed E-state index contributed by atoms with van der Waals surface area (Å²) in [6.45, 7) is 1.72. The Labute approximate surface area is 134 Å². The Kier molecular flexibility index (Phi) is 3.16. The number of nitrogens with zero attached hydrogens (tertiary/aromatic N) is 2. The number of aromatic nitrogens is 3. The maximum absolute atomic E-state index is 12.5. The van der Waals surface area contributed by atoms with Gasteiger partial charge < -0.3 is 10.6 Å². The fraction of sp³-hybridized carbons (Fsp3) is 0.133. The number of fused-ring (bicyclic) bond motifs is 2. The maximum atomic E-state index is 12.5. The molecule has 0 atom stereocenters. The van der Waals surface area contributed by atoms with Crippen LogP contribution in [0.4, 0.5) is 5.69 Å². The highest BCUT2D eigenvalue weighted by atomic mass is 79.9. The molecule has 110 valence electrons. The van der Waals surface area contributed by atoms with Gasteiger partial charge in [0, 0.05) is 29.4 Å². The molecule has 7 heteroatoms. The van der Waals surface area contributed by atoms with E-state index in [1.54, 1.807) is 6.20 Å². The lowest BCUT2D eigenvalue weighted by Crippen LogP contribution is -2.13. The number of carbonyl (C=O) groups is 1. The Bertz CT molecular complexity index is 889. The lowest BCUT2D eigenvalue weighted by molar-refractivity contribution is 0.102. The van der Waals surface area contributed by atoms with Crippen molar-refractivity contribution in [1.82, 2.24) is 20.5 Å². The molecule has 1 amide bonds. The van der Waals surface area contributed by atoms with Crippen molar-refractivity contribution in [2.24, 2.45) is 0 Å². The predicted octanol–water partition coefficient (Wildman–Crippen LogP) is 2.58. The zero-order chi connectivity index (χ0) is 15.1. The van der Waals surface area contributed by atoms with Crippen LogP contribution in [-0.2, 0) is 13.1 Å². The summed E-state index contributed by atoms with van der Waals surface area (Å²) >= 11 is 3.36. The molecule has 1 aliphatic heterocycles. The molecule has 4 rings (SSSR count). The molecule has 0 bridgehead atoms. The highest BCUT2D eigenvalue weighted by Gasteiger charge is 2.16. The standard InChI is InChI=1S/C15H12BrN5O/c16-10-4-12-13(20-21-14(12)18-7-10)15(22)19-11-2-1-8-5-17-6-9(8)3-11/h1-4,7,17H,5-6H2,(H,19,22)(H,18,20,21). The second kappa shape index (κ2) is 5.19. The molecule has 0 radical (unpaired) electrons. The summed E-state index contributed by atoms with van der Waals surface area (Å²) in [6.07, 6.45) is 1.65. The SMILES string of the molecule is O=C(Nc1ccc2c(c1)CNC2)c1[nH]nc2ncc(Br)cc12. The van der Waals surface area contributed by atoms with Gasteiger partial charge in [-0.1, -0.05) is 6.07 Å². The van der Waals surface area contributed by atoms with Gasteiger partial charge in [0.25, 0.3) is 5.91 Å². The first-order valence-corrected chi connectivity index (χ1v) is 7.63. The minimum Gasteiger partial charge on any atom is -0.321 e. The number of anilines is 1. The molecule has 0 aliphatic carbocycles. The second-order valence-electron chi connectivity index (χ2n) is 5.16. The molecule has 3 N–H and O–H groups in total. The third-order valence-corrected chi connectivity index (χ3v) is 4.13. The van der Waals surface area contributed by atoms with Crippen LogP contribution in [0.5, 0.6) is 0 Å². The lowest BCUT2D eigenvalue weighted by Gasteiger charge is -2.06. The smallest absolute Gasteiger partial charge is 0.274 e. The van der Waals surface area contributed by atoms with E-state index in [4.69, 9.17) is 0 Å². The van der Waals surface area contributed by atoms with Gasteiger partial charge in [0.15, 0.2) is 5.65 Å². The van der Waals surface area contributed by atoms with E-state index in [0.29, 0.717) is 16.7 Å². The average Bonchev–Trinajstić information content (AvgIpc) is 3.12. The number of pyridine rings is 1. The van der Waals surface area contributed by atoms with E-state index in [1.165, 1.54) is 11.1 Å². The van der Waals surface area contributed by atoms with E-state index < -0.39 is 0 Å². The zero-order valence-electron chi connectivity index (χ0n) is 11.5. The Morgan fingerprint density at radius 2 is 2.09 bits per heavy atom. The molecule has 0 fully saturated rings. The molecule has 0 spiro atoms. The van der Waals surface area contributed by atoms with Crippen LogP contribution in [0.25, 0.3) is 11.0 Å². The average molecular weight is 358 g/mol. The van der Waals surface area contributed by atoms with Crippen LogP contribution < -0.4 is 10.6 Å². The maximum Gasteiger partial charge on any atom is 0.274 e. The normalized spacial score (nSPS) is 13.3. The van der Waals surface area contributed by atoms with Crippen LogP contribution in [-0.4, -0.2) is 21.1 Å². The fourth-order valence-corrected chi connectivity index (χ4v) is 2.94. The van der Waals surface area contributed by atoms with Crippen LogP contribution in [0, 0.1) is 0 Å². The molecule has 22 heavy (non-hydrogen) atoms. The van der Waals surface area contributed by atoms with Gasteiger partial charge in [-0.3, -0.25) is 9.89 Å². The zero-order valence-corrected chi connectivity index (χ0v) is 13.1. The van der Waals surface area contributed by atoms with Crippen LogP contribution in [0.15, 0.2) is 34.9 Å². The third-order valence-electron chi connectivity index (χ3n) is 3.70. The summed E-state index contributed by atoms with van der Waals surface area (Å²) in [4.78, 5) is 16.6. The molecule has 1 aliphatic rings. The summed E-state index contributed by atoms with van der Waals surface area (Å²) in [5, 5.41) is 13.7. The van der Waals surface area contributed by atoms with Crippen molar-refractivity contribution >= 4 is 38.6 Å². The molecular formula is C15H12BrN5O. The van der Waals surface area contributed by atoms with Gasteiger partial charge in [-0.15, -0.1) is 0 Å². The summed E-state index contributed by atoms with van der Waals surface area (Å²) in [5.41, 5.74) is 4.20. The van der Waals surface area contributed by atoms with Crippen molar-refractivity contribution in [2.75, 3.05) is 5.32 Å². The molecule has 6 nitrogen and oxygen atoms in total. The molecule has 1 aromatic carbocycles. The van der Waals surface area contributed by atoms with E-state index in [0.717, 1.165) is 23.2 Å². The van der Waals surface area contributed by atoms with Crippen molar-refractivity contribution in [2.45, 2.75) is 13.1 Å². The van der Waals surface area contributed by atoms with Crippen molar-refractivity contribution in [3.63, 3.8) is 0 Å². The molecule has 0 saturated heterocycles. The monoisotopic (exact) mass is 357 g/mol. The van der Waals surface area contributed by atoms with E-state index in [-0.39, 0.29) is 5.91 Å². The number of rotatable bonds is 2. The molecule has 3 heterocycles. The molecule has 0 saturated carbocycles. The largest absolute Gasteiger partial charge is 0.321 e. The first kappa shape index (κ1) is 13.4. The third kappa shape index (κ3) is 2.28. The number of halogens is 1. The number of amides is 1. The summed E-state index contributed by atoms with van der Waals surface area (Å²) < 4.78 is 0.805. The van der Waals surface area contributed by atoms with Crippen LogP contribution in [0.1, 0.15) is 21.6 Å². The van der Waals surface area contributed by atoms with Gasteiger partial charge in [-0.05, 0) is 45.3 Å². The summed E-state index contributed by atoms with van der Waals surface area (Å²) in [5.74, 6) is -0.228. The Morgan fingerprint density at radius 1 is 1.23 bits per heavy atom. The number of hydrogen-bond acceptors (Lipinski definition) is 4. The predicted molar refractivity (Wildman–Crippen MR) is 86.5 cm³/mol. The van der Waals surface area contributed by atoms with Gasteiger partial charge in [-0.25, -0.2) is 4.98 Å². The summed E-state index contributed by atoms with van der Waals surface area (Å²) in [6, 6.07) is 7.78. The minimum absolute atomic E-state index is 0.228. The number of H-pyrrole nitrogens is 1. The van der Waals surface area contributed by atoms with Crippen LogP contribution in [0.2, 0.25) is 0 Å². The van der Waals surface area contributed by atoms with E-state index in [2.05, 4.69) is 41.7 Å². The first-order valence-electron chi connectivity index (χ1n) is 6.84.